The highest BCUT2D eigenvalue weighted by molar-refractivity contribution is 5.92. The SMILES string of the molecule is CN(C)CC(=O)Nc1cccc(C#CCO)c1. The Labute approximate surface area is 101 Å². The fourth-order valence-electron chi connectivity index (χ4n) is 1.30. The predicted molar refractivity (Wildman–Crippen MR) is 67.6 cm³/mol. The molecular formula is C13H16N2O2. The molecule has 1 aromatic carbocycles. The van der Waals surface area contributed by atoms with E-state index < -0.39 is 0 Å². The molecule has 0 fully saturated rings. The number of aliphatic hydroxyl groups excluding tert-OH is 1. The van der Waals surface area contributed by atoms with Gasteiger partial charge in [-0.2, -0.15) is 0 Å². The number of carbonyl (C=O) groups is 1. The Bertz CT molecular complexity index is 444. The van der Waals surface area contributed by atoms with Crippen LogP contribution < -0.4 is 5.32 Å². The van der Waals surface area contributed by atoms with Gasteiger partial charge >= 0.3 is 0 Å². The zero-order chi connectivity index (χ0) is 12.7. The van der Waals surface area contributed by atoms with Crippen molar-refractivity contribution in [2.45, 2.75) is 0 Å². The number of carbonyl (C=O) groups excluding carboxylic acids is 1. The number of hydrogen-bond donors (Lipinski definition) is 2. The Balaban J connectivity index is 2.68. The lowest BCUT2D eigenvalue weighted by Gasteiger charge is -2.10. The highest BCUT2D eigenvalue weighted by Gasteiger charge is 2.03. The van der Waals surface area contributed by atoms with Gasteiger partial charge in [-0.3, -0.25) is 4.79 Å². The second-order valence-electron chi connectivity index (χ2n) is 3.83. The lowest BCUT2D eigenvalue weighted by atomic mass is 10.2. The van der Waals surface area contributed by atoms with Crippen LogP contribution >= 0.6 is 0 Å². The summed E-state index contributed by atoms with van der Waals surface area (Å²) in [6.07, 6.45) is 0. The molecule has 0 heterocycles. The van der Waals surface area contributed by atoms with Crippen molar-refractivity contribution in [1.29, 1.82) is 0 Å². The van der Waals surface area contributed by atoms with Gasteiger partial charge in [-0.25, -0.2) is 0 Å². The number of likely N-dealkylation sites (N-methyl/N-ethyl adjacent to an activating group) is 1. The maximum absolute atomic E-state index is 11.5. The molecule has 4 heteroatoms. The Morgan fingerprint density at radius 3 is 2.88 bits per heavy atom. The summed E-state index contributed by atoms with van der Waals surface area (Å²) in [5.74, 6) is 5.28. The molecule has 0 aromatic heterocycles. The average molecular weight is 232 g/mol. The summed E-state index contributed by atoms with van der Waals surface area (Å²) in [6.45, 7) is 0.170. The topological polar surface area (TPSA) is 52.6 Å². The van der Waals surface area contributed by atoms with Gasteiger partial charge in [0.2, 0.25) is 5.91 Å². The summed E-state index contributed by atoms with van der Waals surface area (Å²) in [5, 5.41) is 11.4. The molecule has 90 valence electrons. The molecule has 0 spiro atoms. The van der Waals surface area contributed by atoms with Crippen molar-refractivity contribution in [1.82, 2.24) is 4.90 Å². The van der Waals surface area contributed by atoms with Crippen molar-refractivity contribution in [3.63, 3.8) is 0 Å². The van der Waals surface area contributed by atoms with Gasteiger partial charge in [-0.15, -0.1) is 0 Å². The molecule has 0 aliphatic heterocycles. The maximum Gasteiger partial charge on any atom is 0.238 e. The van der Waals surface area contributed by atoms with Crippen LogP contribution in [0.4, 0.5) is 5.69 Å². The number of hydrogen-bond acceptors (Lipinski definition) is 3. The molecule has 0 saturated carbocycles. The molecule has 0 unspecified atom stereocenters. The van der Waals surface area contributed by atoms with E-state index in [1.165, 1.54) is 0 Å². The summed E-state index contributed by atoms with van der Waals surface area (Å²) in [6, 6.07) is 7.21. The number of benzene rings is 1. The summed E-state index contributed by atoms with van der Waals surface area (Å²) in [4.78, 5) is 13.3. The van der Waals surface area contributed by atoms with Gasteiger partial charge in [0.25, 0.3) is 0 Å². The van der Waals surface area contributed by atoms with Crippen molar-refractivity contribution >= 4 is 11.6 Å². The smallest absolute Gasteiger partial charge is 0.238 e. The van der Waals surface area contributed by atoms with Crippen molar-refractivity contribution in [2.75, 3.05) is 32.6 Å². The number of amides is 1. The van der Waals surface area contributed by atoms with Crippen molar-refractivity contribution in [2.24, 2.45) is 0 Å². The minimum atomic E-state index is -0.169. The Morgan fingerprint density at radius 2 is 2.24 bits per heavy atom. The van der Waals surface area contributed by atoms with Crippen LogP contribution in [0.25, 0.3) is 0 Å². The quantitative estimate of drug-likeness (QED) is 0.747. The Hall–Kier alpha value is -1.83. The van der Waals surface area contributed by atoms with Crippen LogP contribution in [0.2, 0.25) is 0 Å². The van der Waals surface area contributed by atoms with Gasteiger partial charge in [0.05, 0.1) is 6.54 Å². The van der Waals surface area contributed by atoms with Crippen molar-refractivity contribution in [3.05, 3.63) is 29.8 Å². The first kappa shape index (κ1) is 13.2. The van der Waals surface area contributed by atoms with Crippen molar-refractivity contribution in [3.8, 4) is 11.8 Å². The molecule has 1 amide bonds. The van der Waals surface area contributed by atoms with Crippen LogP contribution in [0, 0.1) is 11.8 Å². The summed E-state index contributed by atoms with van der Waals surface area (Å²) >= 11 is 0. The molecule has 0 aliphatic carbocycles. The molecule has 17 heavy (non-hydrogen) atoms. The van der Waals surface area contributed by atoms with Gasteiger partial charge in [0.1, 0.15) is 6.61 Å². The van der Waals surface area contributed by atoms with E-state index in [4.69, 9.17) is 5.11 Å². The van der Waals surface area contributed by atoms with Crippen LogP contribution in [0.1, 0.15) is 5.56 Å². The van der Waals surface area contributed by atoms with Crippen LogP contribution in [-0.2, 0) is 4.79 Å². The number of nitrogens with one attached hydrogen (secondary N) is 1. The monoisotopic (exact) mass is 232 g/mol. The molecular weight excluding hydrogens is 216 g/mol. The number of anilines is 1. The second-order valence-corrected chi connectivity index (χ2v) is 3.83. The molecule has 1 rings (SSSR count). The van der Waals surface area contributed by atoms with E-state index in [-0.39, 0.29) is 12.5 Å². The largest absolute Gasteiger partial charge is 0.384 e. The second kappa shape index (κ2) is 6.69. The van der Waals surface area contributed by atoms with Crippen molar-refractivity contribution < 1.29 is 9.90 Å². The van der Waals surface area contributed by atoms with E-state index in [2.05, 4.69) is 17.2 Å². The first-order chi connectivity index (χ1) is 8.11. The standard InChI is InChI=1S/C13H16N2O2/c1-15(2)10-13(17)14-12-7-3-5-11(9-12)6-4-8-16/h3,5,7,9,16H,8,10H2,1-2H3,(H,14,17). The Morgan fingerprint density at radius 1 is 1.47 bits per heavy atom. The fourth-order valence-corrected chi connectivity index (χ4v) is 1.30. The number of rotatable bonds is 3. The molecule has 0 aliphatic rings. The first-order valence-electron chi connectivity index (χ1n) is 5.26. The van der Waals surface area contributed by atoms with Gasteiger partial charge < -0.3 is 15.3 Å². The molecule has 1 aromatic rings. The molecule has 0 bridgehead atoms. The van der Waals surface area contributed by atoms with E-state index >= 15 is 0 Å². The van der Waals surface area contributed by atoms with Crippen LogP contribution in [0.15, 0.2) is 24.3 Å². The fraction of sp³-hybridized carbons (Fsp3) is 0.308. The minimum absolute atomic E-state index is 0.0673. The van der Waals surface area contributed by atoms with E-state index in [0.29, 0.717) is 12.2 Å². The predicted octanol–water partition coefficient (Wildman–Crippen LogP) is 0.530. The average Bonchev–Trinajstić information content (AvgIpc) is 2.25. The van der Waals surface area contributed by atoms with Gasteiger partial charge in [-0.05, 0) is 32.3 Å². The first-order valence-corrected chi connectivity index (χ1v) is 5.26. The lowest BCUT2D eigenvalue weighted by Crippen LogP contribution is -2.27. The normalized spacial score (nSPS) is 9.65. The minimum Gasteiger partial charge on any atom is -0.384 e. The third-order valence-corrected chi connectivity index (χ3v) is 1.92. The van der Waals surface area contributed by atoms with E-state index in [1.807, 2.05) is 26.2 Å². The van der Waals surface area contributed by atoms with Crippen LogP contribution in [0.5, 0.6) is 0 Å². The van der Waals surface area contributed by atoms with E-state index in [0.717, 1.165) is 5.56 Å². The molecule has 2 N–H and O–H groups in total. The molecule has 4 nitrogen and oxygen atoms in total. The highest BCUT2D eigenvalue weighted by Crippen LogP contribution is 2.09. The third-order valence-electron chi connectivity index (χ3n) is 1.92. The van der Waals surface area contributed by atoms with Crippen LogP contribution in [0.3, 0.4) is 0 Å². The van der Waals surface area contributed by atoms with Gasteiger partial charge in [0, 0.05) is 11.3 Å². The van der Waals surface area contributed by atoms with Crippen LogP contribution in [-0.4, -0.2) is 43.2 Å². The van der Waals surface area contributed by atoms with E-state index in [9.17, 15) is 4.79 Å². The number of nitrogens with zero attached hydrogens (tertiary/aromatic N) is 1. The Kier molecular flexibility index (Phi) is 5.21. The highest BCUT2D eigenvalue weighted by atomic mass is 16.2. The summed E-state index contributed by atoms with van der Waals surface area (Å²) in [5.41, 5.74) is 1.48. The summed E-state index contributed by atoms with van der Waals surface area (Å²) < 4.78 is 0. The molecule has 0 radical (unpaired) electrons. The zero-order valence-corrected chi connectivity index (χ0v) is 10.0. The summed E-state index contributed by atoms with van der Waals surface area (Å²) in [7, 11) is 3.67. The zero-order valence-electron chi connectivity index (χ0n) is 10.0. The third kappa shape index (κ3) is 5.16. The van der Waals surface area contributed by atoms with Gasteiger partial charge in [-0.1, -0.05) is 17.9 Å². The molecule has 0 atom stereocenters. The maximum atomic E-state index is 11.5. The van der Waals surface area contributed by atoms with Gasteiger partial charge in [0.15, 0.2) is 0 Å². The number of aliphatic hydroxyl groups is 1. The molecule has 0 saturated heterocycles. The van der Waals surface area contributed by atoms with E-state index in [1.54, 1.807) is 17.0 Å². The lowest BCUT2D eigenvalue weighted by molar-refractivity contribution is -0.116.